The molecule has 0 aliphatic rings. The number of nitrogens with zero attached hydrogens (tertiary/aromatic N) is 1. The molecule has 0 aromatic carbocycles. The van der Waals surface area contributed by atoms with Crippen molar-refractivity contribution in [3.05, 3.63) is 28.0 Å². The minimum Gasteiger partial charge on any atom is -0.478 e. The number of carbonyl (C=O) groups is 2. The van der Waals surface area contributed by atoms with Gasteiger partial charge in [0.25, 0.3) is 0 Å². The first-order chi connectivity index (χ1) is 8.40. The molecule has 0 fully saturated rings. The summed E-state index contributed by atoms with van der Waals surface area (Å²) in [5, 5.41) is 10.4. The van der Waals surface area contributed by atoms with Gasteiger partial charge in [0.05, 0.1) is 6.54 Å². The van der Waals surface area contributed by atoms with Gasteiger partial charge in [0, 0.05) is 23.9 Å². The van der Waals surface area contributed by atoms with Gasteiger partial charge in [-0.05, 0) is 23.1 Å². The molecule has 4 nitrogen and oxygen atoms in total. The predicted octanol–water partition coefficient (Wildman–Crippen LogP) is 2.46. The Labute approximate surface area is 111 Å². The molecule has 1 amide bonds. The van der Waals surface area contributed by atoms with Crippen LogP contribution in [-0.4, -0.2) is 28.9 Å². The number of carbonyl (C=O) groups excluding carboxylic acids is 1. The van der Waals surface area contributed by atoms with Crippen molar-refractivity contribution in [1.82, 2.24) is 4.90 Å². The SMILES string of the molecule is CC(C)C(=O)N(C)Cc1cc(C=CC(=O)O)cs1. The minimum absolute atomic E-state index is 0.0126. The molecule has 1 aromatic heterocycles. The Morgan fingerprint density at radius 1 is 1.50 bits per heavy atom. The molecular formula is C13H17NO3S. The fourth-order valence-corrected chi connectivity index (χ4v) is 2.39. The molecule has 0 bridgehead atoms. The van der Waals surface area contributed by atoms with Crippen LogP contribution in [0.25, 0.3) is 6.08 Å². The Bertz CT molecular complexity index is 463. The third-order valence-corrected chi connectivity index (χ3v) is 3.30. The maximum atomic E-state index is 11.7. The average molecular weight is 267 g/mol. The molecule has 1 heterocycles. The predicted molar refractivity (Wildman–Crippen MR) is 72.3 cm³/mol. The van der Waals surface area contributed by atoms with Crippen LogP contribution in [-0.2, 0) is 16.1 Å². The van der Waals surface area contributed by atoms with Crippen molar-refractivity contribution in [2.75, 3.05) is 7.05 Å². The fourth-order valence-electron chi connectivity index (χ4n) is 1.49. The summed E-state index contributed by atoms with van der Waals surface area (Å²) in [6, 6.07) is 1.90. The third-order valence-electron chi connectivity index (χ3n) is 2.36. The van der Waals surface area contributed by atoms with E-state index in [1.165, 1.54) is 11.3 Å². The highest BCUT2D eigenvalue weighted by Gasteiger charge is 2.13. The van der Waals surface area contributed by atoms with Crippen molar-refractivity contribution in [2.45, 2.75) is 20.4 Å². The van der Waals surface area contributed by atoms with Crippen molar-refractivity contribution < 1.29 is 14.7 Å². The molecule has 0 aliphatic carbocycles. The summed E-state index contributed by atoms with van der Waals surface area (Å²) in [4.78, 5) is 24.8. The maximum absolute atomic E-state index is 11.7. The van der Waals surface area contributed by atoms with E-state index in [1.807, 2.05) is 25.3 Å². The normalized spacial score (nSPS) is 11.1. The number of carboxylic acid groups (broad SMARTS) is 1. The van der Waals surface area contributed by atoms with Crippen molar-refractivity contribution in [3.8, 4) is 0 Å². The Morgan fingerprint density at radius 2 is 2.17 bits per heavy atom. The summed E-state index contributed by atoms with van der Waals surface area (Å²) in [5.41, 5.74) is 0.850. The number of thiophene rings is 1. The topological polar surface area (TPSA) is 57.6 Å². The van der Waals surface area contributed by atoms with E-state index < -0.39 is 5.97 Å². The van der Waals surface area contributed by atoms with Crippen LogP contribution >= 0.6 is 11.3 Å². The minimum atomic E-state index is -0.963. The molecule has 18 heavy (non-hydrogen) atoms. The van der Waals surface area contributed by atoms with Crippen LogP contribution in [0, 0.1) is 5.92 Å². The van der Waals surface area contributed by atoms with Crippen LogP contribution in [0.1, 0.15) is 24.3 Å². The quantitative estimate of drug-likeness (QED) is 0.834. The molecule has 0 atom stereocenters. The van der Waals surface area contributed by atoms with E-state index in [9.17, 15) is 9.59 Å². The van der Waals surface area contributed by atoms with E-state index in [0.717, 1.165) is 16.5 Å². The van der Waals surface area contributed by atoms with Gasteiger partial charge in [-0.2, -0.15) is 0 Å². The molecule has 0 unspecified atom stereocenters. The van der Waals surface area contributed by atoms with Crippen LogP contribution in [0.15, 0.2) is 17.5 Å². The van der Waals surface area contributed by atoms with Crippen molar-refractivity contribution in [3.63, 3.8) is 0 Å². The first-order valence-corrected chi connectivity index (χ1v) is 6.51. The van der Waals surface area contributed by atoms with Crippen molar-refractivity contribution in [2.24, 2.45) is 5.92 Å². The molecule has 0 saturated carbocycles. The first kappa shape index (κ1) is 14.4. The van der Waals surface area contributed by atoms with Crippen LogP contribution in [0.2, 0.25) is 0 Å². The zero-order chi connectivity index (χ0) is 13.7. The van der Waals surface area contributed by atoms with Gasteiger partial charge >= 0.3 is 5.97 Å². The highest BCUT2D eigenvalue weighted by atomic mass is 32.1. The summed E-state index contributed by atoms with van der Waals surface area (Å²) in [6.07, 6.45) is 2.65. The lowest BCUT2D eigenvalue weighted by Crippen LogP contribution is -2.29. The second-order valence-electron chi connectivity index (χ2n) is 4.37. The number of hydrogen-bond donors (Lipinski definition) is 1. The van der Waals surface area contributed by atoms with E-state index in [1.54, 1.807) is 18.0 Å². The van der Waals surface area contributed by atoms with E-state index in [4.69, 9.17) is 5.11 Å². The largest absolute Gasteiger partial charge is 0.478 e. The average Bonchev–Trinajstić information content (AvgIpc) is 2.72. The van der Waals surface area contributed by atoms with E-state index in [2.05, 4.69) is 0 Å². The lowest BCUT2D eigenvalue weighted by molar-refractivity contribution is -0.133. The zero-order valence-electron chi connectivity index (χ0n) is 10.7. The van der Waals surface area contributed by atoms with Gasteiger partial charge in [-0.25, -0.2) is 4.79 Å². The second kappa shape index (κ2) is 6.35. The number of rotatable bonds is 5. The summed E-state index contributed by atoms with van der Waals surface area (Å²) in [6.45, 7) is 4.30. The van der Waals surface area contributed by atoms with Gasteiger partial charge in [-0.1, -0.05) is 13.8 Å². The van der Waals surface area contributed by atoms with Crippen LogP contribution < -0.4 is 0 Å². The standard InChI is InChI=1S/C13H17NO3S/c1-9(2)13(17)14(3)7-11-6-10(8-18-11)4-5-12(15)16/h4-6,8-9H,7H2,1-3H3,(H,15,16). The van der Waals surface area contributed by atoms with Gasteiger partial charge in [-0.3, -0.25) is 4.79 Å². The Hall–Kier alpha value is -1.62. The number of aliphatic carboxylic acids is 1. The molecule has 1 N–H and O–H groups in total. The van der Waals surface area contributed by atoms with E-state index >= 15 is 0 Å². The molecule has 0 spiro atoms. The Balaban J connectivity index is 2.64. The second-order valence-corrected chi connectivity index (χ2v) is 5.36. The highest BCUT2D eigenvalue weighted by Crippen LogP contribution is 2.18. The third kappa shape index (κ3) is 4.33. The zero-order valence-corrected chi connectivity index (χ0v) is 11.5. The van der Waals surface area contributed by atoms with Crippen molar-refractivity contribution in [1.29, 1.82) is 0 Å². The molecule has 1 rings (SSSR count). The molecule has 5 heteroatoms. The first-order valence-electron chi connectivity index (χ1n) is 5.63. The number of carboxylic acids is 1. The Kier molecular flexibility index (Phi) is 5.09. The van der Waals surface area contributed by atoms with Crippen LogP contribution in [0.3, 0.4) is 0 Å². The smallest absolute Gasteiger partial charge is 0.328 e. The number of hydrogen-bond acceptors (Lipinski definition) is 3. The van der Waals surface area contributed by atoms with Gasteiger partial charge in [0.2, 0.25) is 5.91 Å². The Morgan fingerprint density at radius 3 is 2.72 bits per heavy atom. The summed E-state index contributed by atoms with van der Waals surface area (Å²) in [7, 11) is 1.77. The summed E-state index contributed by atoms with van der Waals surface area (Å²) >= 11 is 1.52. The molecule has 98 valence electrons. The lowest BCUT2D eigenvalue weighted by Gasteiger charge is -2.18. The van der Waals surface area contributed by atoms with Gasteiger partial charge in [-0.15, -0.1) is 11.3 Å². The molecule has 1 aromatic rings. The van der Waals surface area contributed by atoms with Crippen LogP contribution in [0.5, 0.6) is 0 Å². The molecule has 0 radical (unpaired) electrons. The maximum Gasteiger partial charge on any atom is 0.328 e. The lowest BCUT2D eigenvalue weighted by atomic mass is 10.2. The molecular weight excluding hydrogens is 250 g/mol. The summed E-state index contributed by atoms with van der Waals surface area (Å²) in [5.74, 6) is -0.873. The van der Waals surface area contributed by atoms with Gasteiger partial charge in [0.15, 0.2) is 0 Å². The molecule has 0 saturated heterocycles. The summed E-state index contributed by atoms with van der Waals surface area (Å²) < 4.78 is 0. The number of amides is 1. The monoisotopic (exact) mass is 267 g/mol. The van der Waals surface area contributed by atoms with Gasteiger partial charge in [0.1, 0.15) is 0 Å². The van der Waals surface area contributed by atoms with Gasteiger partial charge < -0.3 is 10.0 Å². The highest BCUT2D eigenvalue weighted by molar-refractivity contribution is 7.10. The van der Waals surface area contributed by atoms with E-state index in [0.29, 0.717) is 6.54 Å². The van der Waals surface area contributed by atoms with Crippen LogP contribution in [0.4, 0.5) is 0 Å². The molecule has 0 aliphatic heterocycles. The fraction of sp³-hybridized carbons (Fsp3) is 0.385. The van der Waals surface area contributed by atoms with Crippen molar-refractivity contribution >= 4 is 29.3 Å². The van der Waals surface area contributed by atoms with E-state index in [-0.39, 0.29) is 11.8 Å².